The van der Waals surface area contributed by atoms with E-state index in [2.05, 4.69) is 264 Å². The highest BCUT2D eigenvalue weighted by molar-refractivity contribution is 5.92. The van der Waals surface area contributed by atoms with Gasteiger partial charge in [0.1, 0.15) is 0 Å². The van der Waals surface area contributed by atoms with E-state index in [0.717, 1.165) is 29.9 Å². The molecule has 12 rings (SSSR count). The Bertz CT molecular complexity index is 3580. The molecule has 0 amide bonds. The number of nitrogens with zero attached hydrogens (tertiary/aromatic N) is 2. The van der Waals surface area contributed by atoms with Crippen LogP contribution in [0.5, 0.6) is 0 Å². The minimum Gasteiger partial charge on any atom is -0.310 e. The summed E-state index contributed by atoms with van der Waals surface area (Å²) in [7, 11) is 0. The fourth-order valence-electron chi connectivity index (χ4n) is 10.0. The van der Waals surface area contributed by atoms with Crippen LogP contribution in [0.1, 0.15) is 17.7 Å². The van der Waals surface area contributed by atoms with Crippen LogP contribution in [0.4, 0.5) is 17.1 Å². The van der Waals surface area contributed by atoms with E-state index < -0.39 is 0 Å². The van der Waals surface area contributed by atoms with Gasteiger partial charge in [-0.3, -0.25) is 0 Å². The van der Waals surface area contributed by atoms with E-state index in [1.54, 1.807) is 0 Å². The summed E-state index contributed by atoms with van der Waals surface area (Å²) in [5.74, 6) is 0. The minimum absolute atomic E-state index is 1.07. The molecule has 0 saturated carbocycles. The molecule has 0 atom stereocenters. The van der Waals surface area contributed by atoms with Gasteiger partial charge in [-0.15, -0.1) is 0 Å². The molecule has 0 spiro atoms. The highest BCUT2D eigenvalue weighted by atomic mass is 15.1. The Morgan fingerprint density at radius 3 is 1.68 bits per heavy atom. The molecule has 2 heteroatoms. The lowest BCUT2D eigenvalue weighted by Gasteiger charge is -2.27. The largest absolute Gasteiger partial charge is 0.310 e. The van der Waals surface area contributed by atoms with Gasteiger partial charge in [-0.05, 0) is 158 Å². The quantitative estimate of drug-likeness (QED) is 0.141. The van der Waals surface area contributed by atoms with E-state index >= 15 is 0 Å². The Balaban J connectivity index is 0.922. The van der Waals surface area contributed by atoms with Gasteiger partial charge in [-0.2, -0.15) is 0 Å². The molecule has 0 unspecified atom stereocenters. The van der Waals surface area contributed by atoms with E-state index in [-0.39, 0.29) is 0 Å². The first-order valence-electron chi connectivity index (χ1n) is 23.0. The summed E-state index contributed by atoms with van der Waals surface area (Å²) in [6, 6.07) is 88.5. The third kappa shape index (κ3) is 7.29. The van der Waals surface area contributed by atoms with E-state index in [9.17, 15) is 0 Å². The van der Waals surface area contributed by atoms with Gasteiger partial charge in [-0.1, -0.05) is 182 Å². The van der Waals surface area contributed by atoms with Crippen LogP contribution >= 0.6 is 0 Å². The van der Waals surface area contributed by atoms with Crippen LogP contribution < -0.4 is 4.90 Å². The van der Waals surface area contributed by atoms with Gasteiger partial charge in [0.25, 0.3) is 0 Å². The van der Waals surface area contributed by atoms with E-state index in [1.807, 2.05) is 0 Å². The summed E-state index contributed by atoms with van der Waals surface area (Å²) in [4.78, 5) is 2.38. The second kappa shape index (κ2) is 16.9. The molecule has 1 aromatic heterocycles. The summed E-state index contributed by atoms with van der Waals surface area (Å²) >= 11 is 0. The Labute approximate surface area is 386 Å². The standard InChI is InChI=1S/C64H46N2/c1-2-16-48(17-3-1)59-25-6-7-26-60(59)54-22-14-23-57(44-54)65(55-37-33-46(34-38-55)50-19-12-20-51(41-50)53-32-31-45-15-4-5-18-49(45)42-53)56-39-35-47(36-40-56)52-21-13-24-58(43-52)66-63-29-10-8-27-61(63)62-28-9-11-30-64(62)66/h1-8,10-27,29-44H,9,28H2. The van der Waals surface area contributed by atoms with Crippen LogP contribution in [0.25, 0.3) is 89.1 Å². The van der Waals surface area contributed by atoms with Gasteiger partial charge in [0.15, 0.2) is 0 Å². The SMILES string of the molecule is C1=Cc2c(c3ccccc3n2-c2cccc(-c3ccc(N(c4ccc(-c5cccc(-c6ccc7ccccc7c6)c5)cc4)c4cccc(-c5ccccc5-c5ccccc5)c4)cc3)c2)CC1. The number of hydrogen-bond donors (Lipinski definition) is 0. The lowest BCUT2D eigenvalue weighted by molar-refractivity contribution is 0.968. The predicted molar refractivity (Wildman–Crippen MR) is 280 cm³/mol. The molecule has 11 aromatic rings. The molecular weight excluding hydrogens is 797 g/mol. The van der Waals surface area contributed by atoms with Crippen LogP contribution in [0.2, 0.25) is 0 Å². The second-order valence-corrected chi connectivity index (χ2v) is 17.2. The summed E-state index contributed by atoms with van der Waals surface area (Å²) in [5.41, 5.74) is 20.4. The molecule has 0 aliphatic heterocycles. The number of rotatable bonds is 9. The average molecular weight is 843 g/mol. The summed E-state index contributed by atoms with van der Waals surface area (Å²) in [6.07, 6.45) is 6.77. The fraction of sp³-hybridized carbons (Fsp3) is 0.0312. The zero-order valence-electron chi connectivity index (χ0n) is 36.6. The van der Waals surface area contributed by atoms with Gasteiger partial charge < -0.3 is 9.47 Å². The van der Waals surface area contributed by atoms with E-state index in [4.69, 9.17) is 0 Å². The Morgan fingerprint density at radius 1 is 0.348 bits per heavy atom. The lowest BCUT2D eigenvalue weighted by atomic mass is 9.94. The van der Waals surface area contributed by atoms with Crippen molar-refractivity contribution in [2.45, 2.75) is 12.8 Å². The molecule has 1 aliphatic rings. The number of para-hydroxylation sites is 1. The minimum atomic E-state index is 1.07. The first-order chi connectivity index (χ1) is 32.7. The summed E-state index contributed by atoms with van der Waals surface area (Å²) < 4.78 is 2.44. The number of hydrogen-bond acceptors (Lipinski definition) is 1. The Kier molecular flexibility index (Phi) is 10.0. The summed E-state index contributed by atoms with van der Waals surface area (Å²) in [6.45, 7) is 0. The molecule has 312 valence electrons. The average Bonchev–Trinajstić information content (AvgIpc) is 3.74. The van der Waals surface area contributed by atoms with E-state index in [1.165, 1.54) is 94.3 Å². The van der Waals surface area contributed by atoms with Crippen LogP contribution in [0.3, 0.4) is 0 Å². The normalized spacial score (nSPS) is 12.1. The molecule has 1 heterocycles. The molecule has 0 saturated heterocycles. The zero-order valence-corrected chi connectivity index (χ0v) is 36.6. The fourth-order valence-corrected chi connectivity index (χ4v) is 10.0. The van der Waals surface area contributed by atoms with Crippen molar-refractivity contribution in [2.75, 3.05) is 4.90 Å². The molecule has 0 N–H and O–H groups in total. The monoisotopic (exact) mass is 842 g/mol. The number of allylic oxidation sites excluding steroid dienone is 1. The smallest absolute Gasteiger partial charge is 0.0537 e. The van der Waals surface area contributed by atoms with Crippen LogP contribution in [0, 0.1) is 0 Å². The first kappa shape index (κ1) is 39.2. The molecule has 0 radical (unpaired) electrons. The van der Waals surface area contributed by atoms with Crippen LogP contribution in [-0.4, -0.2) is 4.57 Å². The maximum atomic E-state index is 2.44. The number of aryl methyl sites for hydroxylation is 1. The maximum Gasteiger partial charge on any atom is 0.0537 e. The van der Waals surface area contributed by atoms with Crippen molar-refractivity contribution in [2.24, 2.45) is 0 Å². The van der Waals surface area contributed by atoms with Crippen molar-refractivity contribution in [1.29, 1.82) is 0 Å². The predicted octanol–water partition coefficient (Wildman–Crippen LogP) is 17.5. The van der Waals surface area contributed by atoms with Crippen LogP contribution in [0.15, 0.2) is 249 Å². The third-order valence-electron chi connectivity index (χ3n) is 13.3. The van der Waals surface area contributed by atoms with Gasteiger partial charge >= 0.3 is 0 Å². The highest BCUT2D eigenvalue weighted by Gasteiger charge is 2.19. The molecule has 1 aliphatic carbocycles. The number of anilines is 3. The van der Waals surface area contributed by atoms with Crippen molar-refractivity contribution in [3.63, 3.8) is 0 Å². The van der Waals surface area contributed by atoms with Crippen molar-refractivity contribution in [1.82, 2.24) is 4.57 Å². The maximum absolute atomic E-state index is 2.44. The number of benzene rings is 10. The Morgan fingerprint density at radius 2 is 0.909 bits per heavy atom. The molecule has 10 aromatic carbocycles. The van der Waals surface area contributed by atoms with Crippen molar-refractivity contribution < 1.29 is 0 Å². The lowest BCUT2D eigenvalue weighted by Crippen LogP contribution is -2.10. The molecule has 66 heavy (non-hydrogen) atoms. The highest BCUT2D eigenvalue weighted by Crippen LogP contribution is 2.41. The van der Waals surface area contributed by atoms with Crippen molar-refractivity contribution in [3.8, 4) is 61.3 Å². The van der Waals surface area contributed by atoms with Gasteiger partial charge in [0, 0.05) is 33.8 Å². The first-order valence-corrected chi connectivity index (χ1v) is 23.0. The molecule has 0 fully saturated rings. The van der Waals surface area contributed by atoms with Crippen molar-refractivity contribution >= 4 is 44.8 Å². The molecule has 0 bridgehead atoms. The van der Waals surface area contributed by atoms with Crippen LogP contribution in [-0.2, 0) is 6.42 Å². The Hall–Kier alpha value is -8.46. The third-order valence-corrected chi connectivity index (χ3v) is 13.3. The van der Waals surface area contributed by atoms with Gasteiger partial charge in [0.05, 0.1) is 5.52 Å². The number of aromatic nitrogens is 1. The molecular formula is C64H46N2. The van der Waals surface area contributed by atoms with E-state index in [0.29, 0.717) is 0 Å². The van der Waals surface area contributed by atoms with Crippen molar-refractivity contribution in [3.05, 3.63) is 260 Å². The van der Waals surface area contributed by atoms with Gasteiger partial charge in [-0.25, -0.2) is 0 Å². The topological polar surface area (TPSA) is 8.17 Å². The molecule has 2 nitrogen and oxygen atoms in total. The number of fused-ring (bicyclic) bond motifs is 4. The van der Waals surface area contributed by atoms with Gasteiger partial charge in [0.2, 0.25) is 0 Å². The zero-order chi connectivity index (χ0) is 43.8. The summed E-state index contributed by atoms with van der Waals surface area (Å²) in [5, 5.41) is 3.85. The second-order valence-electron chi connectivity index (χ2n) is 17.2.